The zero-order valence-electron chi connectivity index (χ0n) is 20.1. The number of nitrogens with zero attached hydrogens (tertiary/aromatic N) is 4. The second-order valence-corrected chi connectivity index (χ2v) is 10.5. The zero-order valence-corrected chi connectivity index (χ0v) is 21.0. The molecule has 12 heteroatoms. The molecule has 3 atom stereocenters. The van der Waals surface area contributed by atoms with Gasteiger partial charge in [-0.05, 0) is 38.3 Å². The van der Waals surface area contributed by atoms with Gasteiger partial charge in [-0.15, -0.1) is 0 Å². The number of fused-ring (bicyclic) bond motifs is 1. The van der Waals surface area contributed by atoms with Crippen LogP contribution in [0.15, 0.2) is 43.0 Å². The molecule has 1 saturated heterocycles. The highest BCUT2D eigenvalue weighted by Crippen LogP contribution is 2.44. The molecule has 3 aromatic rings. The van der Waals surface area contributed by atoms with E-state index < -0.39 is 13.8 Å². The van der Waals surface area contributed by atoms with E-state index in [-0.39, 0.29) is 18.5 Å². The second kappa shape index (κ2) is 11.9. The molecule has 2 aromatic heterocycles. The van der Waals surface area contributed by atoms with Crippen molar-refractivity contribution >= 4 is 24.5 Å². The van der Waals surface area contributed by atoms with Gasteiger partial charge in [0.15, 0.2) is 17.8 Å². The average Bonchev–Trinajstić information content (AvgIpc) is 3.08. The van der Waals surface area contributed by atoms with Gasteiger partial charge in [0.25, 0.3) is 0 Å². The van der Waals surface area contributed by atoms with Crippen LogP contribution in [0.3, 0.4) is 0 Å². The summed E-state index contributed by atoms with van der Waals surface area (Å²) in [4.78, 5) is 12.5. The third-order valence-electron chi connectivity index (χ3n) is 5.64. The van der Waals surface area contributed by atoms with Gasteiger partial charge in [-0.25, -0.2) is 20.0 Å². The molecule has 190 valence electrons. The predicted molar refractivity (Wildman–Crippen MR) is 132 cm³/mol. The number of para-hydroxylation sites is 1. The first kappa shape index (κ1) is 25.5. The summed E-state index contributed by atoms with van der Waals surface area (Å²) >= 11 is 0. The van der Waals surface area contributed by atoms with Crippen LogP contribution in [0, 0.1) is 0 Å². The number of nitrogens with two attached hydrogens (primary N) is 1. The van der Waals surface area contributed by atoms with Crippen LogP contribution in [-0.4, -0.2) is 57.5 Å². The van der Waals surface area contributed by atoms with Crippen LogP contribution in [0.2, 0.25) is 0 Å². The van der Waals surface area contributed by atoms with Crippen LogP contribution in [0.25, 0.3) is 11.2 Å². The van der Waals surface area contributed by atoms with Crippen molar-refractivity contribution < 1.29 is 23.3 Å². The molecule has 1 aromatic carbocycles. The molecule has 0 spiro atoms. The Balaban J connectivity index is 1.46. The van der Waals surface area contributed by atoms with Crippen LogP contribution >= 0.6 is 7.52 Å². The Labute approximate surface area is 204 Å². The number of rotatable bonds is 11. The number of hydrogen-bond donors (Lipinski definition) is 2. The number of anilines is 1. The molecule has 0 aliphatic carbocycles. The quantitative estimate of drug-likeness (QED) is 0.373. The number of benzene rings is 1. The van der Waals surface area contributed by atoms with Crippen LogP contribution in [0.1, 0.15) is 33.1 Å². The summed E-state index contributed by atoms with van der Waals surface area (Å²) in [6, 6.07) is 8.74. The summed E-state index contributed by atoms with van der Waals surface area (Å²) in [6.07, 6.45) is 4.59. The molecular weight excluding hydrogens is 471 g/mol. The normalized spacial score (nSPS) is 18.6. The maximum absolute atomic E-state index is 14.0. The van der Waals surface area contributed by atoms with Crippen molar-refractivity contribution in [2.24, 2.45) is 0 Å². The standard InChI is InChI=1S/C23H33N6O5P/c1-3-19(23-31-11-7-8-12-32-23)28-35(30,34-18-9-5-4-6-10-18)16-33-17(2)13-29-15-27-20-21(24)25-14-26-22(20)29/h4-6,9-10,14-15,17,19,23H,3,7-8,11-13,16H2,1-2H3,(H,28,30)(H2,24,25,26). The third-order valence-corrected chi connectivity index (χ3v) is 7.36. The molecule has 1 fully saturated rings. The summed E-state index contributed by atoms with van der Waals surface area (Å²) in [5, 5.41) is 3.18. The number of nitrogens with one attached hydrogen (secondary N) is 1. The topological polar surface area (TPSA) is 136 Å². The molecule has 0 saturated carbocycles. The lowest BCUT2D eigenvalue weighted by Crippen LogP contribution is -2.42. The lowest BCUT2D eigenvalue weighted by atomic mass is 10.2. The molecule has 3 unspecified atom stereocenters. The van der Waals surface area contributed by atoms with Gasteiger partial charge >= 0.3 is 7.52 Å². The number of ether oxygens (including phenoxy) is 3. The first-order chi connectivity index (χ1) is 17.0. The molecule has 3 heterocycles. The number of hydrogen-bond acceptors (Lipinski definition) is 9. The van der Waals surface area contributed by atoms with Crippen molar-refractivity contribution in [1.82, 2.24) is 24.6 Å². The molecule has 11 nitrogen and oxygen atoms in total. The van der Waals surface area contributed by atoms with Gasteiger partial charge in [0.1, 0.15) is 23.9 Å². The molecule has 1 aliphatic heterocycles. The van der Waals surface area contributed by atoms with E-state index in [0.717, 1.165) is 12.8 Å². The molecule has 0 bridgehead atoms. The fourth-order valence-electron chi connectivity index (χ4n) is 3.81. The number of aromatic nitrogens is 4. The molecule has 0 radical (unpaired) electrons. The van der Waals surface area contributed by atoms with E-state index in [9.17, 15) is 4.57 Å². The highest BCUT2D eigenvalue weighted by molar-refractivity contribution is 7.57. The minimum absolute atomic E-state index is 0.143. The fraction of sp³-hybridized carbons (Fsp3) is 0.522. The summed E-state index contributed by atoms with van der Waals surface area (Å²) in [6.45, 7) is 5.52. The summed E-state index contributed by atoms with van der Waals surface area (Å²) in [5.74, 6) is 0.811. The minimum Gasteiger partial charge on any atom is -0.431 e. The number of nitrogen functional groups attached to an aromatic ring is 1. The summed E-state index contributed by atoms with van der Waals surface area (Å²) in [5.41, 5.74) is 7.03. The maximum atomic E-state index is 14.0. The van der Waals surface area contributed by atoms with E-state index in [1.54, 1.807) is 18.5 Å². The van der Waals surface area contributed by atoms with Crippen molar-refractivity contribution in [2.45, 2.75) is 58.1 Å². The Kier molecular flexibility index (Phi) is 8.69. The summed E-state index contributed by atoms with van der Waals surface area (Å²) < 4.78 is 39.6. The Hall–Kier alpha value is -2.56. The lowest BCUT2D eigenvalue weighted by molar-refractivity contribution is -0.142. The first-order valence-electron chi connectivity index (χ1n) is 11.8. The monoisotopic (exact) mass is 504 g/mol. The van der Waals surface area contributed by atoms with Gasteiger partial charge in [-0.2, -0.15) is 0 Å². The molecule has 3 N–H and O–H groups in total. The predicted octanol–water partition coefficient (Wildman–Crippen LogP) is 3.56. The van der Waals surface area contributed by atoms with E-state index in [0.29, 0.717) is 48.9 Å². The number of imidazole rings is 1. The van der Waals surface area contributed by atoms with Crippen LogP contribution in [0.5, 0.6) is 5.75 Å². The molecule has 1 aliphatic rings. The second-order valence-electron chi connectivity index (χ2n) is 8.47. The van der Waals surface area contributed by atoms with Gasteiger partial charge in [-0.3, -0.25) is 4.57 Å². The van der Waals surface area contributed by atoms with Crippen LogP contribution < -0.4 is 15.3 Å². The van der Waals surface area contributed by atoms with Gasteiger partial charge in [-0.1, -0.05) is 25.1 Å². The largest absolute Gasteiger partial charge is 0.431 e. The first-order valence-corrected chi connectivity index (χ1v) is 13.7. The minimum atomic E-state index is -3.50. The van der Waals surface area contributed by atoms with Gasteiger partial charge in [0.05, 0.1) is 25.0 Å². The van der Waals surface area contributed by atoms with Crippen molar-refractivity contribution in [3.05, 3.63) is 43.0 Å². The van der Waals surface area contributed by atoms with Gasteiger partial charge in [0.2, 0.25) is 0 Å². The van der Waals surface area contributed by atoms with E-state index in [2.05, 4.69) is 20.0 Å². The fourth-order valence-corrected chi connectivity index (χ4v) is 5.71. The smallest absolute Gasteiger partial charge is 0.342 e. The Morgan fingerprint density at radius 1 is 1.20 bits per heavy atom. The SMILES string of the molecule is CCC(NP(=O)(COC(C)Cn1cnc2c(N)ncnc21)Oc1ccccc1)C1OCCCCO1. The lowest BCUT2D eigenvalue weighted by Gasteiger charge is -2.30. The van der Waals surface area contributed by atoms with Crippen LogP contribution in [-0.2, 0) is 25.3 Å². The zero-order chi connectivity index (χ0) is 24.7. The van der Waals surface area contributed by atoms with E-state index in [1.165, 1.54) is 6.33 Å². The highest BCUT2D eigenvalue weighted by atomic mass is 31.2. The molecular formula is C23H33N6O5P. The Bertz CT molecular complexity index is 1120. The Morgan fingerprint density at radius 3 is 2.66 bits per heavy atom. The average molecular weight is 505 g/mol. The Morgan fingerprint density at radius 2 is 1.94 bits per heavy atom. The van der Waals surface area contributed by atoms with Crippen molar-refractivity contribution in [2.75, 3.05) is 25.3 Å². The van der Waals surface area contributed by atoms with E-state index >= 15 is 0 Å². The molecule has 35 heavy (non-hydrogen) atoms. The van der Waals surface area contributed by atoms with Crippen molar-refractivity contribution in [3.63, 3.8) is 0 Å². The highest BCUT2D eigenvalue weighted by Gasteiger charge is 2.34. The van der Waals surface area contributed by atoms with Crippen molar-refractivity contribution in [1.29, 1.82) is 0 Å². The molecule has 0 amide bonds. The maximum Gasteiger partial charge on any atom is 0.342 e. The van der Waals surface area contributed by atoms with E-state index in [4.69, 9.17) is 24.5 Å². The van der Waals surface area contributed by atoms with Crippen LogP contribution in [0.4, 0.5) is 5.82 Å². The van der Waals surface area contributed by atoms with E-state index in [1.807, 2.05) is 36.6 Å². The third kappa shape index (κ3) is 6.77. The van der Waals surface area contributed by atoms with Gasteiger partial charge < -0.3 is 29.0 Å². The van der Waals surface area contributed by atoms with Gasteiger partial charge in [0, 0.05) is 13.2 Å². The molecule has 4 rings (SSSR count). The summed E-state index contributed by atoms with van der Waals surface area (Å²) in [7, 11) is -3.50. The van der Waals surface area contributed by atoms with Crippen molar-refractivity contribution in [3.8, 4) is 5.75 Å².